The monoisotopic (exact) mass is 206 g/mol. The van der Waals surface area contributed by atoms with Crippen LogP contribution >= 0.6 is 0 Å². The first-order valence-electron chi connectivity index (χ1n) is 5.29. The highest BCUT2D eigenvalue weighted by molar-refractivity contribution is 5.76. The molecule has 1 heterocycles. The van der Waals surface area contributed by atoms with Crippen LogP contribution in [-0.4, -0.2) is 10.9 Å². The largest absolute Gasteiger partial charge is 0.350 e. The molecule has 3 heteroatoms. The fourth-order valence-electron chi connectivity index (χ4n) is 1.41. The van der Waals surface area contributed by atoms with Gasteiger partial charge >= 0.3 is 0 Å². The number of hydrogen-bond donors (Lipinski definition) is 1. The number of carbonyl (C=O) groups is 1. The predicted molar refractivity (Wildman–Crippen MR) is 60.2 cm³/mol. The lowest BCUT2D eigenvalue weighted by atomic mass is 10.1. The summed E-state index contributed by atoms with van der Waals surface area (Å²) in [6, 6.07) is 3.89. The van der Waals surface area contributed by atoms with Crippen molar-refractivity contribution < 1.29 is 4.79 Å². The molecule has 82 valence electrons. The molecule has 0 radical (unpaired) electrons. The number of pyridine rings is 1. The Morgan fingerprint density at radius 3 is 2.47 bits per heavy atom. The second kappa shape index (κ2) is 5.49. The van der Waals surface area contributed by atoms with Crippen LogP contribution in [0.25, 0.3) is 0 Å². The minimum absolute atomic E-state index is 0.0549. The highest BCUT2D eigenvalue weighted by Crippen LogP contribution is 2.11. The molecule has 0 aliphatic heterocycles. The van der Waals surface area contributed by atoms with E-state index in [1.165, 1.54) is 0 Å². The zero-order chi connectivity index (χ0) is 11.3. The van der Waals surface area contributed by atoms with E-state index in [1.807, 2.05) is 32.9 Å². The quantitative estimate of drug-likeness (QED) is 0.821. The van der Waals surface area contributed by atoms with E-state index in [1.54, 1.807) is 12.4 Å². The fourth-order valence-corrected chi connectivity index (χ4v) is 1.41. The van der Waals surface area contributed by atoms with Crippen molar-refractivity contribution in [2.45, 2.75) is 33.2 Å². The maximum absolute atomic E-state index is 11.5. The second-order valence-electron chi connectivity index (χ2n) is 4.17. The van der Waals surface area contributed by atoms with Crippen molar-refractivity contribution >= 4 is 5.91 Å². The van der Waals surface area contributed by atoms with Gasteiger partial charge in [-0.3, -0.25) is 9.78 Å². The van der Waals surface area contributed by atoms with E-state index in [0.29, 0.717) is 12.3 Å². The highest BCUT2D eigenvalue weighted by atomic mass is 16.1. The van der Waals surface area contributed by atoms with Crippen molar-refractivity contribution in [3.63, 3.8) is 0 Å². The molecule has 15 heavy (non-hydrogen) atoms. The van der Waals surface area contributed by atoms with Crippen LogP contribution in [0.5, 0.6) is 0 Å². The van der Waals surface area contributed by atoms with Crippen LogP contribution in [0.2, 0.25) is 0 Å². The molecule has 1 aromatic rings. The lowest BCUT2D eigenvalue weighted by Gasteiger charge is -2.14. The molecule has 1 atom stereocenters. The SMILES string of the molecule is CC(C)CC(=O)N[C@@H](C)c1ccncc1. The zero-order valence-electron chi connectivity index (χ0n) is 9.53. The van der Waals surface area contributed by atoms with Crippen molar-refractivity contribution in [1.82, 2.24) is 10.3 Å². The normalized spacial score (nSPS) is 12.5. The van der Waals surface area contributed by atoms with Crippen LogP contribution < -0.4 is 5.32 Å². The van der Waals surface area contributed by atoms with Gasteiger partial charge in [0, 0.05) is 18.8 Å². The van der Waals surface area contributed by atoms with Crippen molar-refractivity contribution in [2.24, 2.45) is 5.92 Å². The van der Waals surface area contributed by atoms with Crippen LogP contribution in [-0.2, 0) is 4.79 Å². The first kappa shape index (κ1) is 11.7. The molecule has 0 saturated carbocycles. The van der Waals surface area contributed by atoms with Crippen molar-refractivity contribution in [3.05, 3.63) is 30.1 Å². The van der Waals surface area contributed by atoms with Crippen LogP contribution in [0.3, 0.4) is 0 Å². The predicted octanol–water partition coefficient (Wildman–Crippen LogP) is 2.30. The summed E-state index contributed by atoms with van der Waals surface area (Å²) < 4.78 is 0. The molecule has 0 unspecified atom stereocenters. The molecular formula is C12H18N2O. The molecule has 1 rings (SSSR count). The number of amides is 1. The van der Waals surface area contributed by atoms with Gasteiger partial charge in [0.2, 0.25) is 5.91 Å². The molecule has 0 aromatic carbocycles. The van der Waals surface area contributed by atoms with Crippen LogP contribution in [0.4, 0.5) is 0 Å². The van der Waals surface area contributed by atoms with E-state index in [2.05, 4.69) is 10.3 Å². The summed E-state index contributed by atoms with van der Waals surface area (Å²) >= 11 is 0. The highest BCUT2D eigenvalue weighted by Gasteiger charge is 2.10. The smallest absolute Gasteiger partial charge is 0.220 e. The summed E-state index contributed by atoms with van der Waals surface area (Å²) in [6.07, 6.45) is 4.05. The van der Waals surface area contributed by atoms with Crippen LogP contribution in [0.1, 0.15) is 38.8 Å². The maximum Gasteiger partial charge on any atom is 0.220 e. The average Bonchev–Trinajstić information content (AvgIpc) is 2.17. The summed E-state index contributed by atoms with van der Waals surface area (Å²) in [5, 5.41) is 2.96. The molecule has 0 bridgehead atoms. The van der Waals surface area contributed by atoms with Gasteiger partial charge in [-0.15, -0.1) is 0 Å². The maximum atomic E-state index is 11.5. The number of nitrogens with one attached hydrogen (secondary N) is 1. The molecule has 3 nitrogen and oxygen atoms in total. The summed E-state index contributed by atoms with van der Waals surface area (Å²) in [4.78, 5) is 15.5. The Labute approximate surface area is 90.9 Å². The Hall–Kier alpha value is -1.38. The zero-order valence-corrected chi connectivity index (χ0v) is 9.53. The summed E-state index contributed by atoms with van der Waals surface area (Å²) in [6.45, 7) is 6.06. The first-order chi connectivity index (χ1) is 7.09. The van der Waals surface area contributed by atoms with Gasteiger partial charge in [-0.1, -0.05) is 13.8 Å². The Kier molecular flexibility index (Phi) is 4.28. The lowest BCUT2D eigenvalue weighted by Crippen LogP contribution is -2.27. The Morgan fingerprint density at radius 1 is 1.33 bits per heavy atom. The van der Waals surface area contributed by atoms with Crippen molar-refractivity contribution in [2.75, 3.05) is 0 Å². The van der Waals surface area contributed by atoms with Crippen molar-refractivity contribution in [3.8, 4) is 0 Å². The minimum Gasteiger partial charge on any atom is -0.350 e. The molecule has 1 aromatic heterocycles. The second-order valence-corrected chi connectivity index (χ2v) is 4.17. The number of rotatable bonds is 4. The third-order valence-electron chi connectivity index (χ3n) is 2.18. The Bertz CT molecular complexity index is 309. The van der Waals surface area contributed by atoms with Crippen LogP contribution in [0.15, 0.2) is 24.5 Å². The number of hydrogen-bond acceptors (Lipinski definition) is 2. The summed E-state index contributed by atoms with van der Waals surface area (Å²) in [7, 11) is 0. The van der Waals surface area contributed by atoms with Gasteiger partial charge in [0.05, 0.1) is 6.04 Å². The van der Waals surface area contributed by atoms with E-state index in [0.717, 1.165) is 5.56 Å². The third-order valence-corrected chi connectivity index (χ3v) is 2.18. The van der Waals surface area contributed by atoms with E-state index in [9.17, 15) is 4.79 Å². The van der Waals surface area contributed by atoms with Crippen molar-refractivity contribution in [1.29, 1.82) is 0 Å². The fraction of sp³-hybridized carbons (Fsp3) is 0.500. The topological polar surface area (TPSA) is 42.0 Å². The molecule has 1 amide bonds. The number of aromatic nitrogens is 1. The van der Waals surface area contributed by atoms with Gasteiger partial charge < -0.3 is 5.32 Å². The minimum atomic E-state index is 0.0549. The van der Waals surface area contributed by atoms with Gasteiger partial charge in [-0.25, -0.2) is 0 Å². The van der Waals surface area contributed by atoms with Gasteiger partial charge in [0.1, 0.15) is 0 Å². The standard InChI is InChI=1S/C12H18N2O/c1-9(2)8-12(15)14-10(3)11-4-6-13-7-5-11/h4-7,9-10H,8H2,1-3H3,(H,14,15)/t10-/m0/s1. The van der Waals surface area contributed by atoms with Crippen LogP contribution in [0, 0.1) is 5.92 Å². The molecule has 0 fully saturated rings. The summed E-state index contributed by atoms with van der Waals surface area (Å²) in [5.74, 6) is 0.504. The van der Waals surface area contributed by atoms with E-state index >= 15 is 0 Å². The number of carbonyl (C=O) groups excluding carboxylic acids is 1. The molecule has 0 spiro atoms. The Balaban J connectivity index is 2.49. The first-order valence-corrected chi connectivity index (χ1v) is 5.29. The van der Waals surface area contributed by atoms with E-state index < -0.39 is 0 Å². The third kappa shape index (κ3) is 4.11. The summed E-state index contributed by atoms with van der Waals surface area (Å²) in [5.41, 5.74) is 1.09. The lowest BCUT2D eigenvalue weighted by molar-refractivity contribution is -0.122. The molecule has 1 N–H and O–H groups in total. The molecular weight excluding hydrogens is 188 g/mol. The average molecular weight is 206 g/mol. The van der Waals surface area contributed by atoms with E-state index in [-0.39, 0.29) is 11.9 Å². The number of nitrogens with zero attached hydrogens (tertiary/aromatic N) is 1. The van der Waals surface area contributed by atoms with Gasteiger partial charge in [-0.2, -0.15) is 0 Å². The van der Waals surface area contributed by atoms with Gasteiger partial charge in [0.15, 0.2) is 0 Å². The molecule has 0 aliphatic carbocycles. The Morgan fingerprint density at radius 2 is 1.93 bits per heavy atom. The molecule has 0 saturated heterocycles. The van der Waals surface area contributed by atoms with Gasteiger partial charge in [0.25, 0.3) is 0 Å². The molecule has 0 aliphatic rings. The van der Waals surface area contributed by atoms with Gasteiger partial charge in [-0.05, 0) is 30.5 Å². The van der Waals surface area contributed by atoms with E-state index in [4.69, 9.17) is 0 Å².